The van der Waals surface area contributed by atoms with Crippen molar-refractivity contribution in [2.24, 2.45) is 0 Å². The molecule has 2 aromatic carbocycles. The molecule has 0 bridgehead atoms. The number of carbonyl (C=O) groups is 1. The largest absolute Gasteiger partial charge is 0.497 e. The molecule has 0 spiro atoms. The van der Waals surface area contributed by atoms with E-state index < -0.39 is 0 Å². The molecule has 1 saturated heterocycles. The van der Waals surface area contributed by atoms with Crippen LogP contribution in [0.4, 0.5) is 0 Å². The molecule has 1 heterocycles. The Morgan fingerprint density at radius 2 is 2.00 bits per heavy atom. The van der Waals surface area contributed by atoms with Crippen LogP contribution in [0.1, 0.15) is 11.7 Å². The molecule has 0 unspecified atom stereocenters. The van der Waals surface area contributed by atoms with E-state index >= 15 is 0 Å². The smallest absolute Gasteiger partial charge is 0.248 e. The SMILES string of the molecule is COCC(=O)N1CCO[C@@H](c2ccc3cc(OC)ccc3c2)C1. The molecule has 1 aliphatic rings. The minimum Gasteiger partial charge on any atom is -0.497 e. The molecule has 0 radical (unpaired) electrons. The van der Waals surface area contributed by atoms with Crippen molar-refractivity contribution in [2.75, 3.05) is 40.5 Å². The van der Waals surface area contributed by atoms with Gasteiger partial charge in [0.25, 0.3) is 0 Å². The molecule has 0 aromatic heterocycles. The van der Waals surface area contributed by atoms with Gasteiger partial charge < -0.3 is 19.1 Å². The maximum atomic E-state index is 12.0. The molecular formula is C18H21NO4. The number of morpholine rings is 1. The van der Waals surface area contributed by atoms with Crippen molar-refractivity contribution in [1.82, 2.24) is 4.90 Å². The summed E-state index contributed by atoms with van der Waals surface area (Å²) >= 11 is 0. The van der Waals surface area contributed by atoms with Crippen molar-refractivity contribution in [3.8, 4) is 5.75 Å². The van der Waals surface area contributed by atoms with Crippen LogP contribution in [0.2, 0.25) is 0 Å². The fourth-order valence-electron chi connectivity index (χ4n) is 2.86. The van der Waals surface area contributed by atoms with E-state index in [2.05, 4.69) is 18.2 Å². The summed E-state index contributed by atoms with van der Waals surface area (Å²) in [6.45, 7) is 1.83. The Morgan fingerprint density at radius 1 is 1.22 bits per heavy atom. The zero-order chi connectivity index (χ0) is 16.2. The number of hydrogen-bond donors (Lipinski definition) is 0. The summed E-state index contributed by atoms with van der Waals surface area (Å²) < 4.78 is 16.0. The first-order chi connectivity index (χ1) is 11.2. The van der Waals surface area contributed by atoms with Crippen molar-refractivity contribution < 1.29 is 19.0 Å². The number of nitrogens with zero attached hydrogens (tertiary/aromatic N) is 1. The monoisotopic (exact) mass is 315 g/mol. The van der Waals surface area contributed by atoms with Crippen molar-refractivity contribution in [1.29, 1.82) is 0 Å². The topological polar surface area (TPSA) is 48.0 Å². The van der Waals surface area contributed by atoms with Crippen LogP contribution in [0.25, 0.3) is 10.8 Å². The molecule has 1 aliphatic heterocycles. The molecule has 3 rings (SSSR count). The van der Waals surface area contributed by atoms with Crippen molar-refractivity contribution in [3.63, 3.8) is 0 Å². The highest BCUT2D eigenvalue weighted by atomic mass is 16.5. The van der Waals surface area contributed by atoms with Gasteiger partial charge in [-0.1, -0.05) is 18.2 Å². The molecule has 5 heteroatoms. The maximum absolute atomic E-state index is 12.0. The Balaban J connectivity index is 1.80. The Morgan fingerprint density at radius 3 is 2.78 bits per heavy atom. The average Bonchev–Trinajstić information content (AvgIpc) is 2.61. The Kier molecular flexibility index (Phi) is 4.79. The molecule has 0 saturated carbocycles. The molecule has 1 fully saturated rings. The lowest BCUT2D eigenvalue weighted by molar-refractivity contribution is -0.142. The number of hydrogen-bond acceptors (Lipinski definition) is 4. The average molecular weight is 315 g/mol. The van der Waals surface area contributed by atoms with Crippen LogP contribution >= 0.6 is 0 Å². The van der Waals surface area contributed by atoms with Gasteiger partial charge in [-0.25, -0.2) is 0 Å². The molecule has 0 aliphatic carbocycles. The summed E-state index contributed by atoms with van der Waals surface area (Å²) in [7, 11) is 3.20. The number of rotatable bonds is 4. The lowest BCUT2D eigenvalue weighted by atomic mass is 10.0. The van der Waals surface area contributed by atoms with E-state index in [1.165, 1.54) is 7.11 Å². The van der Waals surface area contributed by atoms with Crippen LogP contribution in [-0.4, -0.2) is 51.3 Å². The molecular weight excluding hydrogens is 294 g/mol. The molecule has 122 valence electrons. The standard InChI is InChI=1S/C18H21NO4/c1-21-12-18(20)19-7-8-23-17(11-19)15-4-3-14-10-16(22-2)6-5-13(14)9-15/h3-6,9-10,17H,7-8,11-12H2,1-2H3/t17-/m1/s1. The second-order valence-electron chi connectivity index (χ2n) is 5.60. The zero-order valence-corrected chi connectivity index (χ0v) is 13.5. The highest BCUT2D eigenvalue weighted by Crippen LogP contribution is 2.27. The molecule has 0 N–H and O–H groups in total. The number of fused-ring (bicyclic) bond motifs is 1. The first kappa shape index (κ1) is 15.8. The Hall–Kier alpha value is -2.11. The minimum atomic E-state index is -0.101. The molecule has 2 aromatic rings. The van der Waals surface area contributed by atoms with E-state index in [1.54, 1.807) is 12.0 Å². The summed E-state index contributed by atoms with van der Waals surface area (Å²) in [5.74, 6) is 0.849. The van der Waals surface area contributed by atoms with E-state index in [4.69, 9.17) is 14.2 Å². The van der Waals surface area contributed by atoms with Gasteiger partial charge in [0.05, 0.1) is 20.3 Å². The first-order valence-electron chi connectivity index (χ1n) is 7.67. The summed E-state index contributed by atoms with van der Waals surface area (Å²) in [6, 6.07) is 12.2. The van der Waals surface area contributed by atoms with E-state index in [9.17, 15) is 4.79 Å². The maximum Gasteiger partial charge on any atom is 0.248 e. The number of methoxy groups -OCH3 is 2. The van der Waals surface area contributed by atoms with Gasteiger partial charge >= 0.3 is 0 Å². The van der Waals surface area contributed by atoms with Crippen LogP contribution in [0.15, 0.2) is 36.4 Å². The normalized spacial score (nSPS) is 18.2. The van der Waals surface area contributed by atoms with Crippen molar-refractivity contribution in [2.45, 2.75) is 6.10 Å². The van der Waals surface area contributed by atoms with Gasteiger partial charge in [-0.05, 0) is 34.5 Å². The Labute approximate surface area is 135 Å². The van der Waals surface area contributed by atoms with Gasteiger partial charge in [0.2, 0.25) is 5.91 Å². The summed E-state index contributed by atoms with van der Waals surface area (Å²) in [4.78, 5) is 13.8. The van der Waals surface area contributed by atoms with Gasteiger partial charge in [-0.3, -0.25) is 4.79 Å². The van der Waals surface area contributed by atoms with E-state index in [0.29, 0.717) is 19.7 Å². The van der Waals surface area contributed by atoms with Crippen LogP contribution in [0, 0.1) is 0 Å². The second-order valence-corrected chi connectivity index (χ2v) is 5.60. The van der Waals surface area contributed by atoms with Crippen LogP contribution in [0.3, 0.4) is 0 Å². The van der Waals surface area contributed by atoms with Crippen LogP contribution < -0.4 is 4.74 Å². The van der Waals surface area contributed by atoms with Crippen molar-refractivity contribution >= 4 is 16.7 Å². The third kappa shape index (κ3) is 3.46. The molecule has 1 atom stereocenters. The van der Waals surface area contributed by atoms with Crippen LogP contribution in [-0.2, 0) is 14.3 Å². The van der Waals surface area contributed by atoms with Gasteiger partial charge in [0.1, 0.15) is 18.5 Å². The molecule has 1 amide bonds. The number of benzene rings is 2. The second kappa shape index (κ2) is 6.98. The third-order valence-electron chi connectivity index (χ3n) is 4.13. The van der Waals surface area contributed by atoms with Gasteiger partial charge in [-0.15, -0.1) is 0 Å². The summed E-state index contributed by atoms with van der Waals surface area (Å²) in [5.41, 5.74) is 1.08. The lowest BCUT2D eigenvalue weighted by Crippen LogP contribution is -2.43. The summed E-state index contributed by atoms with van der Waals surface area (Å²) in [6.07, 6.45) is -0.101. The van der Waals surface area contributed by atoms with Gasteiger partial charge in [0.15, 0.2) is 0 Å². The highest BCUT2D eigenvalue weighted by molar-refractivity contribution is 5.84. The molecule has 23 heavy (non-hydrogen) atoms. The predicted octanol–water partition coefficient (Wildman–Crippen LogP) is 2.39. The third-order valence-corrected chi connectivity index (χ3v) is 4.13. The number of amides is 1. The number of carbonyl (C=O) groups excluding carboxylic acids is 1. The zero-order valence-electron chi connectivity index (χ0n) is 13.5. The predicted molar refractivity (Wildman–Crippen MR) is 87.6 cm³/mol. The van der Waals surface area contributed by atoms with Crippen molar-refractivity contribution in [3.05, 3.63) is 42.0 Å². The highest BCUT2D eigenvalue weighted by Gasteiger charge is 2.25. The fourth-order valence-corrected chi connectivity index (χ4v) is 2.86. The molecule has 5 nitrogen and oxygen atoms in total. The van der Waals surface area contributed by atoms with Gasteiger partial charge in [-0.2, -0.15) is 0 Å². The van der Waals surface area contributed by atoms with E-state index in [0.717, 1.165) is 22.1 Å². The minimum absolute atomic E-state index is 0.00586. The first-order valence-corrected chi connectivity index (χ1v) is 7.67. The number of ether oxygens (including phenoxy) is 3. The lowest BCUT2D eigenvalue weighted by Gasteiger charge is -2.33. The Bertz CT molecular complexity index is 700. The fraction of sp³-hybridized carbons (Fsp3) is 0.389. The van der Waals surface area contributed by atoms with E-state index in [-0.39, 0.29) is 18.6 Å². The summed E-state index contributed by atoms with van der Waals surface area (Å²) in [5, 5.41) is 2.25. The van der Waals surface area contributed by atoms with E-state index in [1.807, 2.05) is 18.2 Å². The quantitative estimate of drug-likeness (QED) is 0.869. The van der Waals surface area contributed by atoms with Crippen LogP contribution in [0.5, 0.6) is 5.75 Å². The van der Waals surface area contributed by atoms with Gasteiger partial charge in [0, 0.05) is 13.7 Å².